The van der Waals surface area contributed by atoms with Crippen molar-refractivity contribution in [3.05, 3.63) is 101 Å². The van der Waals surface area contributed by atoms with Crippen LogP contribution in [-0.4, -0.2) is 35.0 Å². The number of Topliss-reactive ketones (excluding diaryl/α,β-unsaturated/α-hetero) is 1. The maximum Gasteiger partial charge on any atom is 0.371 e. The first-order valence-corrected chi connectivity index (χ1v) is 12.1. The van der Waals surface area contributed by atoms with Crippen LogP contribution in [0.3, 0.4) is 0 Å². The van der Waals surface area contributed by atoms with Gasteiger partial charge in [-0.15, -0.1) is 0 Å². The third kappa shape index (κ3) is 6.49. The van der Waals surface area contributed by atoms with E-state index in [2.05, 4.69) is 22.4 Å². The zero-order chi connectivity index (χ0) is 25.3. The lowest BCUT2D eigenvalue weighted by molar-refractivity contribution is -0.136. The Kier molecular flexibility index (Phi) is 8.32. The fourth-order valence-electron chi connectivity index (χ4n) is 4.15. The first kappa shape index (κ1) is 24.9. The van der Waals surface area contributed by atoms with Gasteiger partial charge in [-0.05, 0) is 59.4 Å². The van der Waals surface area contributed by atoms with Gasteiger partial charge in [-0.1, -0.05) is 60.7 Å². The average Bonchev–Trinajstić information content (AvgIpc) is 3.31. The van der Waals surface area contributed by atoms with Crippen molar-refractivity contribution < 1.29 is 19.4 Å². The lowest BCUT2D eigenvalue weighted by atomic mass is 10.0. The van der Waals surface area contributed by atoms with E-state index in [0.717, 1.165) is 34.2 Å². The van der Waals surface area contributed by atoms with E-state index in [4.69, 9.17) is 4.74 Å². The van der Waals surface area contributed by atoms with Crippen molar-refractivity contribution >= 4 is 28.7 Å². The van der Waals surface area contributed by atoms with Crippen molar-refractivity contribution in [3.63, 3.8) is 0 Å². The molecule has 36 heavy (non-hydrogen) atoms. The number of fused-ring (bicyclic) bond motifs is 1. The molecular formula is C30H30N2O4. The summed E-state index contributed by atoms with van der Waals surface area (Å²) in [6.07, 6.45) is 4.74. The molecule has 0 amide bonds. The van der Waals surface area contributed by atoms with E-state index < -0.39 is 5.97 Å². The van der Waals surface area contributed by atoms with Crippen LogP contribution in [0.1, 0.15) is 30.0 Å². The van der Waals surface area contributed by atoms with Crippen LogP contribution in [0, 0.1) is 0 Å². The number of aromatic amines is 1. The molecule has 0 bridgehead atoms. The molecule has 0 saturated carbocycles. The normalized spacial score (nSPS) is 11.5. The highest BCUT2D eigenvalue weighted by molar-refractivity contribution is 5.90. The number of carbonyl (C=O) groups is 2. The predicted octanol–water partition coefficient (Wildman–Crippen LogP) is 5.59. The number of benzene rings is 3. The molecule has 0 saturated heterocycles. The first-order valence-electron chi connectivity index (χ1n) is 12.1. The van der Waals surface area contributed by atoms with Crippen molar-refractivity contribution in [3.8, 4) is 11.1 Å². The van der Waals surface area contributed by atoms with Crippen LogP contribution in [0.2, 0.25) is 0 Å². The number of aliphatic carboxylic acids is 1. The van der Waals surface area contributed by atoms with Gasteiger partial charge in [-0.3, -0.25) is 4.79 Å². The molecule has 4 rings (SSSR count). The number of rotatable bonds is 12. The lowest BCUT2D eigenvalue weighted by Crippen LogP contribution is -2.22. The number of carboxylic acids is 1. The summed E-state index contributed by atoms with van der Waals surface area (Å²) >= 11 is 0. The van der Waals surface area contributed by atoms with Gasteiger partial charge in [-0.25, -0.2) is 4.79 Å². The number of para-hydroxylation sites is 1. The third-order valence-electron chi connectivity index (χ3n) is 5.98. The molecule has 184 valence electrons. The number of aryl methyl sites for hydroxylation is 1. The summed E-state index contributed by atoms with van der Waals surface area (Å²) in [7, 11) is 0. The van der Waals surface area contributed by atoms with Crippen molar-refractivity contribution in [2.24, 2.45) is 0 Å². The highest BCUT2D eigenvalue weighted by Gasteiger charge is 2.09. The molecule has 6 nitrogen and oxygen atoms in total. The Morgan fingerprint density at radius 2 is 1.81 bits per heavy atom. The van der Waals surface area contributed by atoms with Gasteiger partial charge in [0, 0.05) is 30.1 Å². The van der Waals surface area contributed by atoms with Crippen molar-refractivity contribution in [1.82, 2.24) is 10.3 Å². The van der Waals surface area contributed by atoms with Gasteiger partial charge in [0.25, 0.3) is 0 Å². The number of carboxylic acid groups (broad SMARTS) is 1. The smallest absolute Gasteiger partial charge is 0.371 e. The number of hydrogen-bond acceptors (Lipinski definition) is 4. The number of nitrogens with one attached hydrogen (secondary N) is 2. The standard InChI is InChI=1S/C30H30N2O4/c1-2-36-29(30(34)35)17-21-10-12-23(13-11-21)24-7-5-6-22(16-24)18-31-20-26(33)15-14-25-19-32-28-9-4-3-8-27(25)28/h3-13,16-17,19,31-32H,2,14-15,18,20H2,1H3,(H,34,35)/b29-17-. The first-order chi connectivity index (χ1) is 17.5. The minimum Gasteiger partial charge on any atom is -0.487 e. The minimum absolute atomic E-state index is 0.0747. The fraction of sp³-hybridized carbons (Fsp3) is 0.200. The van der Waals surface area contributed by atoms with Gasteiger partial charge in [0.1, 0.15) is 5.78 Å². The summed E-state index contributed by atoms with van der Waals surface area (Å²) in [4.78, 5) is 26.9. The van der Waals surface area contributed by atoms with Crippen LogP contribution in [0.25, 0.3) is 28.1 Å². The molecule has 3 N–H and O–H groups in total. The Morgan fingerprint density at radius 1 is 1.00 bits per heavy atom. The predicted molar refractivity (Wildman–Crippen MR) is 142 cm³/mol. The summed E-state index contributed by atoms with van der Waals surface area (Å²) in [5, 5.41) is 13.7. The third-order valence-corrected chi connectivity index (χ3v) is 5.98. The maximum absolute atomic E-state index is 12.4. The second-order valence-electron chi connectivity index (χ2n) is 8.57. The molecule has 0 unspecified atom stereocenters. The number of carbonyl (C=O) groups excluding carboxylic acids is 1. The van der Waals surface area contributed by atoms with E-state index in [0.29, 0.717) is 26.1 Å². The Morgan fingerprint density at radius 3 is 2.58 bits per heavy atom. The van der Waals surface area contributed by atoms with Crippen LogP contribution in [0.5, 0.6) is 0 Å². The summed E-state index contributed by atoms with van der Waals surface area (Å²) in [6, 6.07) is 23.9. The number of ketones is 1. The van der Waals surface area contributed by atoms with Crippen LogP contribution in [0.15, 0.2) is 84.8 Å². The Bertz CT molecular complexity index is 1370. The molecule has 0 aliphatic rings. The quantitative estimate of drug-likeness (QED) is 0.181. The number of aromatic nitrogens is 1. The van der Waals surface area contributed by atoms with Crippen LogP contribution < -0.4 is 5.32 Å². The van der Waals surface area contributed by atoms with E-state index in [1.54, 1.807) is 6.92 Å². The van der Waals surface area contributed by atoms with Gasteiger partial charge in [0.2, 0.25) is 5.76 Å². The van der Waals surface area contributed by atoms with Gasteiger partial charge in [0.15, 0.2) is 0 Å². The molecule has 0 fully saturated rings. The minimum atomic E-state index is -1.09. The fourth-order valence-corrected chi connectivity index (χ4v) is 4.15. The summed E-state index contributed by atoms with van der Waals surface area (Å²) in [5.41, 5.74) is 6.19. The highest BCUT2D eigenvalue weighted by atomic mass is 16.5. The Hall–Kier alpha value is -4.16. The zero-order valence-electron chi connectivity index (χ0n) is 20.3. The lowest BCUT2D eigenvalue weighted by Gasteiger charge is -2.08. The van der Waals surface area contributed by atoms with Crippen molar-refractivity contribution in [1.29, 1.82) is 0 Å². The van der Waals surface area contributed by atoms with Crippen molar-refractivity contribution in [2.75, 3.05) is 13.2 Å². The number of hydrogen-bond donors (Lipinski definition) is 3. The average molecular weight is 483 g/mol. The van der Waals surface area contributed by atoms with Gasteiger partial charge in [-0.2, -0.15) is 0 Å². The second kappa shape index (κ2) is 12.0. The molecule has 6 heteroatoms. The summed E-state index contributed by atoms with van der Waals surface area (Å²) in [6.45, 7) is 2.98. The SMILES string of the molecule is CCO/C(=C\c1ccc(-c2cccc(CNCC(=O)CCc3c[nH]c4ccccc34)c2)cc1)C(=O)O. The Balaban J connectivity index is 1.30. The molecule has 0 radical (unpaired) electrons. The van der Waals surface area contributed by atoms with E-state index in [1.165, 1.54) is 17.0 Å². The molecule has 0 aliphatic carbocycles. The molecular weight excluding hydrogens is 452 g/mol. The molecule has 0 spiro atoms. The molecule has 3 aromatic carbocycles. The molecule has 1 heterocycles. The number of H-pyrrole nitrogens is 1. The highest BCUT2D eigenvalue weighted by Crippen LogP contribution is 2.22. The van der Waals surface area contributed by atoms with E-state index in [-0.39, 0.29) is 11.5 Å². The molecule has 0 aliphatic heterocycles. The molecule has 0 atom stereocenters. The maximum atomic E-state index is 12.4. The van der Waals surface area contributed by atoms with Crippen molar-refractivity contribution in [2.45, 2.75) is 26.3 Å². The van der Waals surface area contributed by atoms with Gasteiger partial charge < -0.3 is 20.1 Å². The molecule has 4 aromatic rings. The van der Waals surface area contributed by atoms with Crippen LogP contribution in [-0.2, 0) is 27.3 Å². The zero-order valence-corrected chi connectivity index (χ0v) is 20.3. The van der Waals surface area contributed by atoms with E-state index in [1.807, 2.05) is 66.9 Å². The summed E-state index contributed by atoms with van der Waals surface area (Å²) in [5.74, 6) is -0.972. The topological polar surface area (TPSA) is 91.4 Å². The number of ether oxygens (including phenoxy) is 1. The summed E-state index contributed by atoms with van der Waals surface area (Å²) < 4.78 is 5.17. The van der Waals surface area contributed by atoms with Gasteiger partial charge >= 0.3 is 5.97 Å². The largest absolute Gasteiger partial charge is 0.487 e. The Labute approximate surface area is 210 Å². The monoisotopic (exact) mass is 482 g/mol. The molecule has 1 aromatic heterocycles. The van der Waals surface area contributed by atoms with E-state index in [9.17, 15) is 14.7 Å². The van der Waals surface area contributed by atoms with Crippen LogP contribution >= 0.6 is 0 Å². The van der Waals surface area contributed by atoms with E-state index >= 15 is 0 Å². The van der Waals surface area contributed by atoms with Gasteiger partial charge in [0.05, 0.1) is 13.2 Å². The van der Waals surface area contributed by atoms with Crippen LogP contribution in [0.4, 0.5) is 0 Å². The second-order valence-corrected chi connectivity index (χ2v) is 8.57.